The molecule has 6 heteroatoms. The Morgan fingerprint density at radius 1 is 0.800 bits per heavy atom. The Kier molecular flexibility index (Phi) is 9.42. The van der Waals surface area contributed by atoms with E-state index in [4.69, 9.17) is 4.74 Å². The van der Waals surface area contributed by atoms with Crippen LogP contribution >= 0.6 is 0 Å². The van der Waals surface area contributed by atoms with Crippen molar-refractivity contribution in [3.8, 4) is 0 Å². The summed E-state index contributed by atoms with van der Waals surface area (Å²) in [5.41, 5.74) is 0. The molecule has 3 aliphatic heterocycles. The van der Waals surface area contributed by atoms with Gasteiger partial charge in [0.05, 0.1) is 6.10 Å². The third kappa shape index (κ3) is 6.91. The van der Waals surface area contributed by atoms with Gasteiger partial charge in [0.1, 0.15) is 0 Å². The first-order valence-electron chi connectivity index (χ1n) is 12.5. The molecule has 0 aromatic rings. The lowest BCUT2D eigenvalue weighted by molar-refractivity contribution is -0.139. The first-order valence-corrected chi connectivity index (χ1v) is 12.5. The van der Waals surface area contributed by atoms with E-state index < -0.39 is 0 Å². The van der Waals surface area contributed by atoms with Gasteiger partial charge in [-0.2, -0.15) is 0 Å². The van der Waals surface area contributed by atoms with Gasteiger partial charge in [-0.3, -0.25) is 9.69 Å². The molecule has 0 N–H and O–H groups in total. The molecule has 0 atom stereocenters. The van der Waals surface area contributed by atoms with Gasteiger partial charge in [0, 0.05) is 70.4 Å². The summed E-state index contributed by atoms with van der Waals surface area (Å²) in [6, 6.07) is 1.26. The molecule has 0 aliphatic carbocycles. The second kappa shape index (κ2) is 11.8. The van der Waals surface area contributed by atoms with E-state index in [0.29, 0.717) is 24.1 Å². The van der Waals surface area contributed by atoms with E-state index in [1.807, 2.05) is 0 Å². The topological polar surface area (TPSA) is 39.3 Å². The molecule has 0 unspecified atom stereocenters. The van der Waals surface area contributed by atoms with Gasteiger partial charge in [-0.25, -0.2) is 0 Å². The first kappa shape index (κ1) is 24.0. The molecule has 0 bridgehead atoms. The van der Waals surface area contributed by atoms with Crippen LogP contribution in [0.25, 0.3) is 0 Å². The minimum absolute atomic E-state index is 0.244. The van der Waals surface area contributed by atoms with Crippen molar-refractivity contribution in [3.05, 3.63) is 0 Å². The van der Waals surface area contributed by atoms with Crippen LogP contribution in [0.3, 0.4) is 0 Å². The molecule has 174 valence electrons. The van der Waals surface area contributed by atoms with Crippen LogP contribution in [0.5, 0.6) is 0 Å². The van der Waals surface area contributed by atoms with Gasteiger partial charge < -0.3 is 19.4 Å². The molecule has 1 amide bonds. The highest BCUT2D eigenvalue weighted by atomic mass is 16.5. The lowest BCUT2D eigenvalue weighted by atomic mass is 9.93. The maximum atomic E-state index is 12.9. The summed E-state index contributed by atoms with van der Waals surface area (Å²) in [6.07, 6.45) is 5.52. The van der Waals surface area contributed by atoms with Gasteiger partial charge in [-0.15, -0.1) is 0 Å². The van der Waals surface area contributed by atoms with Crippen LogP contribution in [0.2, 0.25) is 0 Å². The van der Waals surface area contributed by atoms with E-state index >= 15 is 0 Å². The van der Waals surface area contributed by atoms with Crippen LogP contribution in [-0.4, -0.2) is 109 Å². The summed E-state index contributed by atoms with van der Waals surface area (Å²) < 4.78 is 6.17. The van der Waals surface area contributed by atoms with Crippen molar-refractivity contribution in [2.45, 2.75) is 78.0 Å². The number of hydrogen-bond donors (Lipinski definition) is 0. The third-order valence-corrected chi connectivity index (χ3v) is 7.47. The summed E-state index contributed by atoms with van der Waals surface area (Å²) in [6.45, 7) is 19.8. The van der Waals surface area contributed by atoms with Gasteiger partial charge in [0.2, 0.25) is 5.91 Å². The second-order valence-corrected chi connectivity index (χ2v) is 10.1. The number of nitrogens with zero attached hydrogens (tertiary/aromatic N) is 4. The van der Waals surface area contributed by atoms with Gasteiger partial charge in [0.15, 0.2) is 0 Å². The molecule has 3 heterocycles. The molecule has 0 aromatic carbocycles. The molecule has 6 nitrogen and oxygen atoms in total. The lowest BCUT2D eigenvalue weighted by Gasteiger charge is -2.38. The van der Waals surface area contributed by atoms with Crippen LogP contribution < -0.4 is 0 Å². The SMILES string of the molecule is CC(C)N1CCC(C(=O)N2CCC(OCCCN3CCN(C(C)C)CC3)CC2)CC1. The number of ether oxygens (including phenoxy) is 1. The first-order chi connectivity index (χ1) is 14.4. The zero-order chi connectivity index (χ0) is 21.5. The number of likely N-dealkylation sites (tertiary alicyclic amines) is 2. The van der Waals surface area contributed by atoms with Crippen LogP contribution in [-0.2, 0) is 9.53 Å². The van der Waals surface area contributed by atoms with Crippen LogP contribution in [0, 0.1) is 5.92 Å². The second-order valence-electron chi connectivity index (χ2n) is 10.1. The Morgan fingerprint density at radius 3 is 1.93 bits per heavy atom. The molecular weight excluding hydrogens is 376 g/mol. The fourth-order valence-electron chi connectivity index (χ4n) is 5.21. The zero-order valence-electron chi connectivity index (χ0n) is 20.0. The van der Waals surface area contributed by atoms with Gasteiger partial charge in [0.25, 0.3) is 0 Å². The number of amides is 1. The van der Waals surface area contributed by atoms with E-state index in [-0.39, 0.29) is 5.92 Å². The van der Waals surface area contributed by atoms with Crippen molar-refractivity contribution in [1.82, 2.24) is 19.6 Å². The maximum absolute atomic E-state index is 12.9. The van der Waals surface area contributed by atoms with E-state index in [1.54, 1.807) is 0 Å². The third-order valence-electron chi connectivity index (χ3n) is 7.47. The van der Waals surface area contributed by atoms with Crippen molar-refractivity contribution in [3.63, 3.8) is 0 Å². The van der Waals surface area contributed by atoms with E-state index in [0.717, 1.165) is 71.4 Å². The Bertz CT molecular complexity index is 503. The lowest BCUT2D eigenvalue weighted by Crippen LogP contribution is -2.49. The van der Waals surface area contributed by atoms with Crippen molar-refractivity contribution in [1.29, 1.82) is 0 Å². The predicted molar refractivity (Wildman–Crippen MR) is 123 cm³/mol. The van der Waals surface area contributed by atoms with E-state index in [9.17, 15) is 4.79 Å². The highest BCUT2D eigenvalue weighted by molar-refractivity contribution is 5.79. The Hall–Kier alpha value is -0.690. The average molecular weight is 423 g/mol. The van der Waals surface area contributed by atoms with Crippen molar-refractivity contribution < 1.29 is 9.53 Å². The quantitative estimate of drug-likeness (QED) is 0.562. The van der Waals surface area contributed by atoms with Gasteiger partial charge in [-0.05, 0) is 72.9 Å². The Morgan fingerprint density at radius 2 is 1.37 bits per heavy atom. The molecular formula is C24H46N4O2. The highest BCUT2D eigenvalue weighted by Crippen LogP contribution is 2.23. The van der Waals surface area contributed by atoms with E-state index in [2.05, 4.69) is 47.3 Å². The number of piperidine rings is 2. The molecule has 0 spiro atoms. The monoisotopic (exact) mass is 422 g/mol. The summed E-state index contributed by atoms with van der Waals surface area (Å²) in [7, 11) is 0. The van der Waals surface area contributed by atoms with E-state index in [1.165, 1.54) is 26.2 Å². The van der Waals surface area contributed by atoms with Crippen LogP contribution in [0.1, 0.15) is 59.8 Å². The molecule has 3 fully saturated rings. The highest BCUT2D eigenvalue weighted by Gasteiger charge is 2.31. The number of rotatable bonds is 8. The standard InChI is InChI=1S/C24H46N4O2/c1-20(2)26-11-6-22(7-12-26)24(29)28-13-8-23(9-14-28)30-19-5-10-25-15-17-27(18-16-25)21(3)4/h20-23H,5-19H2,1-4H3. The Balaban J connectivity index is 1.25. The maximum Gasteiger partial charge on any atom is 0.225 e. The summed E-state index contributed by atoms with van der Waals surface area (Å²) in [4.78, 5) is 22.6. The molecule has 3 aliphatic rings. The van der Waals surface area contributed by atoms with Crippen molar-refractivity contribution in [2.75, 3.05) is 65.5 Å². The fourth-order valence-corrected chi connectivity index (χ4v) is 5.21. The molecule has 0 radical (unpaired) electrons. The molecule has 3 saturated heterocycles. The number of carbonyl (C=O) groups excluding carboxylic acids is 1. The average Bonchev–Trinajstić information content (AvgIpc) is 2.77. The molecule has 30 heavy (non-hydrogen) atoms. The minimum atomic E-state index is 0.244. The normalized spacial score (nSPS) is 24.3. The fraction of sp³-hybridized carbons (Fsp3) is 0.958. The predicted octanol–water partition coefficient (Wildman–Crippen LogP) is 2.53. The smallest absolute Gasteiger partial charge is 0.225 e. The largest absolute Gasteiger partial charge is 0.378 e. The van der Waals surface area contributed by atoms with Crippen LogP contribution in [0.15, 0.2) is 0 Å². The zero-order valence-corrected chi connectivity index (χ0v) is 20.0. The Labute approximate surface area is 184 Å². The summed E-state index contributed by atoms with van der Waals surface area (Å²) in [5.74, 6) is 0.644. The van der Waals surface area contributed by atoms with Gasteiger partial charge in [-0.1, -0.05) is 0 Å². The molecule has 3 rings (SSSR count). The van der Waals surface area contributed by atoms with Crippen molar-refractivity contribution in [2.24, 2.45) is 5.92 Å². The van der Waals surface area contributed by atoms with Crippen LogP contribution in [0.4, 0.5) is 0 Å². The van der Waals surface area contributed by atoms with Crippen molar-refractivity contribution >= 4 is 5.91 Å². The molecule has 0 saturated carbocycles. The minimum Gasteiger partial charge on any atom is -0.378 e. The molecule has 0 aromatic heterocycles. The number of carbonyl (C=O) groups is 1. The summed E-state index contributed by atoms with van der Waals surface area (Å²) in [5, 5.41) is 0. The number of hydrogen-bond acceptors (Lipinski definition) is 5. The number of piperazine rings is 1. The van der Waals surface area contributed by atoms with Gasteiger partial charge >= 0.3 is 0 Å². The summed E-state index contributed by atoms with van der Waals surface area (Å²) >= 11 is 0.